The summed E-state index contributed by atoms with van der Waals surface area (Å²) >= 11 is 3.52. The minimum absolute atomic E-state index is 0.0823. The van der Waals surface area contributed by atoms with Gasteiger partial charge in [0.25, 0.3) is 0 Å². The van der Waals surface area contributed by atoms with Gasteiger partial charge < -0.3 is 19.7 Å². The average molecular weight is 475 g/mol. The number of nitrogens with zero attached hydrogens (tertiary/aromatic N) is 1. The van der Waals surface area contributed by atoms with E-state index in [9.17, 15) is 9.59 Å². The first-order valence-corrected chi connectivity index (χ1v) is 11.0. The summed E-state index contributed by atoms with van der Waals surface area (Å²) < 4.78 is 12.1. The van der Waals surface area contributed by atoms with E-state index in [1.54, 1.807) is 0 Å². The lowest BCUT2D eigenvalue weighted by molar-refractivity contribution is -0.120. The molecule has 1 heterocycles. The summed E-state index contributed by atoms with van der Waals surface area (Å²) in [4.78, 5) is 26.1. The minimum Gasteiger partial charge on any atom is -0.490 e. The van der Waals surface area contributed by atoms with Gasteiger partial charge in [0.1, 0.15) is 0 Å². The molecule has 0 spiro atoms. The molecule has 7 heteroatoms. The summed E-state index contributed by atoms with van der Waals surface area (Å²) in [5.74, 6) is 1.38. The molecule has 160 valence electrons. The van der Waals surface area contributed by atoms with Gasteiger partial charge >= 0.3 is 0 Å². The van der Waals surface area contributed by atoms with Gasteiger partial charge in [-0.05, 0) is 55.7 Å². The molecule has 2 aromatic carbocycles. The lowest BCUT2D eigenvalue weighted by Gasteiger charge is -2.16. The molecule has 0 aromatic heterocycles. The van der Waals surface area contributed by atoms with E-state index in [-0.39, 0.29) is 18.2 Å². The van der Waals surface area contributed by atoms with Crippen LogP contribution in [0.25, 0.3) is 0 Å². The molecule has 2 aromatic rings. The van der Waals surface area contributed by atoms with Crippen LogP contribution in [0.3, 0.4) is 0 Å². The van der Waals surface area contributed by atoms with Crippen LogP contribution < -0.4 is 19.7 Å². The fourth-order valence-corrected chi connectivity index (χ4v) is 3.86. The van der Waals surface area contributed by atoms with Crippen molar-refractivity contribution in [2.75, 3.05) is 24.7 Å². The summed E-state index contributed by atoms with van der Waals surface area (Å²) in [6.07, 6.45) is 1.75. The van der Waals surface area contributed by atoms with Crippen LogP contribution in [0.2, 0.25) is 0 Å². The molecule has 3 rings (SSSR count). The number of carbonyl (C=O) groups is 2. The molecule has 1 saturated heterocycles. The fourth-order valence-electron chi connectivity index (χ4n) is 3.40. The normalized spacial score (nSPS) is 13.4. The number of benzene rings is 2. The second-order valence-electron chi connectivity index (χ2n) is 7.03. The Morgan fingerprint density at radius 1 is 1.10 bits per heavy atom. The molecule has 1 aliphatic rings. The van der Waals surface area contributed by atoms with Gasteiger partial charge in [-0.3, -0.25) is 9.59 Å². The summed E-state index contributed by atoms with van der Waals surface area (Å²) in [6.45, 7) is 6.09. The first kappa shape index (κ1) is 22.2. The van der Waals surface area contributed by atoms with Crippen LogP contribution in [0.5, 0.6) is 11.5 Å². The largest absolute Gasteiger partial charge is 0.490 e. The summed E-state index contributed by atoms with van der Waals surface area (Å²) in [5, 5.41) is 2.95. The first-order valence-electron chi connectivity index (χ1n) is 10.3. The fraction of sp³-hybridized carbons (Fsp3) is 0.391. The van der Waals surface area contributed by atoms with E-state index in [1.165, 1.54) is 0 Å². The third-order valence-corrected chi connectivity index (χ3v) is 5.61. The molecule has 0 radical (unpaired) electrons. The predicted molar refractivity (Wildman–Crippen MR) is 120 cm³/mol. The Bertz CT molecular complexity index is 899. The van der Waals surface area contributed by atoms with E-state index in [0.717, 1.165) is 34.3 Å². The van der Waals surface area contributed by atoms with Crippen LogP contribution in [-0.4, -0.2) is 31.6 Å². The van der Waals surface area contributed by atoms with Crippen molar-refractivity contribution >= 4 is 33.4 Å². The molecular weight excluding hydrogens is 448 g/mol. The third-order valence-electron chi connectivity index (χ3n) is 4.87. The third kappa shape index (κ3) is 5.53. The Labute approximate surface area is 185 Å². The summed E-state index contributed by atoms with van der Waals surface area (Å²) in [5.41, 5.74) is 2.73. The highest BCUT2D eigenvalue weighted by Gasteiger charge is 2.21. The average Bonchev–Trinajstić information content (AvgIpc) is 3.16. The van der Waals surface area contributed by atoms with Crippen LogP contribution in [-0.2, 0) is 22.6 Å². The van der Waals surface area contributed by atoms with Gasteiger partial charge in [0.05, 0.1) is 19.6 Å². The zero-order chi connectivity index (χ0) is 21.5. The van der Waals surface area contributed by atoms with Crippen molar-refractivity contribution in [1.82, 2.24) is 5.32 Å². The molecule has 1 fully saturated rings. The van der Waals surface area contributed by atoms with Gasteiger partial charge in [-0.2, -0.15) is 0 Å². The van der Waals surface area contributed by atoms with Crippen LogP contribution >= 0.6 is 15.9 Å². The minimum atomic E-state index is -0.0823. The maximum absolute atomic E-state index is 12.5. The SMILES string of the molecule is CCOc1cc(Br)c(CC(=O)NCc2ccc(N3CCCC3=O)cc2)cc1OCC. The molecule has 6 nitrogen and oxygen atoms in total. The Kier molecular flexibility index (Phi) is 7.74. The van der Waals surface area contributed by atoms with E-state index in [0.29, 0.717) is 37.7 Å². The van der Waals surface area contributed by atoms with Crippen LogP contribution in [0.4, 0.5) is 5.69 Å². The maximum Gasteiger partial charge on any atom is 0.227 e. The zero-order valence-corrected chi connectivity index (χ0v) is 19.0. The molecule has 0 bridgehead atoms. The summed E-state index contributed by atoms with van der Waals surface area (Å²) in [6, 6.07) is 11.4. The number of hydrogen-bond donors (Lipinski definition) is 1. The second-order valence-corrected chi connectivity index (χ2v) is 7.88. The van der Waals surface area contributed by atoms with E-state index in [1.807, 2.05) is 55.1 Å². The Balaban J connectivity index is 1.59. The topological polar surface area (TPSA) is 67.9 Å². The quantitative estimate of drug-likeness (QED) is 0.590. The summed E-state index contributed by atoms with van der Waals surface area (Å²) in [7, 11) is 0. The van der Waals surface area contributed by atoms with Crippen molar-refractivity contribution < 1.29 is 19.1 Å². The van der Waals surface area contributed by atoms with Crippen LogP contribution in [0, 0.1) is 0 Å². The molecule has 0 atom stereocenters. The highest BCUT2D eigenvalue weighted by Crippen LogP contribution is 2.34. The number of amides is 2. The number of hydrogen-bond acceptors (Lipinski definition) is 4. The van der Waals surface area contributed by atoms with E-state index < -0.39 is 0 Å². The first-order chi connectivity index (χ1) is 14.5. The highest BCUT2D eigenvalue weighted by atomic mass is 79.9. The Morgan fingerprint density at radius 3 is 2.37 bits per heavy atom. The molecule has 0 saturated carbocycles. The molecule has 1 N–H and O–H groups in total. The number of halogens is 1. The van der Waals surface area contributed by atoms with E-state index in [4.69, 9.17) is 9.47 Å². The predicted octanol–water partition coefficient (Wildman–Crippen LogP) is 4.23. The van der Waals surface area contributed by atoms with Gasteiger partial charge in [0.15, 0.2) is 11.5 Å². The van der Waals surface area contributed by atoms with Gasteiger partial charge in [-0.15, -0.1) is 0 Å². The molecular formula is C23H27BrN2O4. The molecule has 1 aliphatic heterocycles. The molecule has 0 unspecified atom stereocenters. The smallest absolute Gasteiger partial charge is 0.227 e. The lowest BCUT2D eigenvalue weighted by atomic mass is 10.1. The molecule has 30 heavy (non-hydrogen) atoms. The Hall–Kier alpha value is -2.54. The van der Waals surface area contributed by atoms with Crippen molar-refractivity contribution in [2.24, 2.45) is 0 Å². The van der Waals surface area contributed by atoms with Crippen molar-refractivity contribution in [3.63, 3.8) is 0 Å². The van der Waals surface area contributed by atoms with Crippen LogP contribution in [0.1, 0.15) is 37.8 Å². The van der Waals surface area contributed by atoms with Gasteiger partial charge in [-0.1, -0.05) is 28.1 Å². The monoisotopic (exact) mass is 474 g/mol. The van der Waals surface area contributed by atoms with Gasteiger partial charge in [-0.25, -0.2) is 0 Å². The van der Waals surface area contributed by atoms with Crippen molar-refractivity contribution in [3.05, 3.63) is 52.0 Å². The maximum atomic E-state index is 12.5. The number of nitrogens with one attached hydrogen (secondary N) is 1. The van der Waals surface area contributed by atoms with E-state index >= 15 is 0 Å². The van der Waals surface area contributed by atoms with Crippen molar-refractivity contribution in [2.45, 2.75) is 39.7 Å². The van der Waals surface area contributed by atoms with Gasteiger partial charge in [0, 0.05) is 29.7 Å². The van der Waals surface area contributed by atoms with Gasteiger partial charge in [0.2, 0.25) is 11.8 Å². The standard InChI is InChI=1S/C23H27BrN2O4/c1-3-29-20-12-17(19(24)14-21(20)30-4-2)13-22(27)25-15-16-7-9-18(10-8-16)26-11-5-6-23(26)28/h7-10,12,14H,3-6,11,13,15H2,1-2H3,(H,25,27). The van der Waals surface area contributed by atoms with Crippen molar-refractivity contribution in [3.8, 4) is 11.5 Å². The molecule has 0 aliphatic carbocycles. The second kappa shape index (κ2) is 10.5. The zero-order valence-electron chi connectivity index (χ0n) is 17.4. The molecule has 2 amide bonds. The van der Waals surface area contributed by atoms with Crippen molar-refractivity contribution in [1.29, 1.82) is 0 Å². The van der Waals surface area contributed by atoms with E-state index in [2.05, 4.69) is 21.2 Å². The number of carbonyl (C=O) groups excluding carboxylic acids is 2. The number of rotatable bonds is 9. The lowest BCUT2D eigenvalue weighted by Crippen LogP contribution is -2.25. The number of anilines is 1. The highest BCUT2D eigenvalue weighted by molar-refractivity contribution is 9.10. The Morgan fingerprint density at radius 2 is 1.77 bits per heavy atom. The number of ether oxygens (including phenoxy) is 2. The van der Waals surface area contributed by atoms with Crippen LogP contribution in [0.15, 0.2) is 40.9 Å².